The summed E-state index contributed by atoms with van der Waals surface area (Å²) in [6.45, 7) is 1.74. The van der Waals surface area contributed by atoms with E-state index < -0.39 is 11.5 Å². The molecule has 26 heavy (non-hydrogen) atoms. The van der Waals surface area contributed by atoms with Crippen LogP contribution in [0.15, 0.2) is 52.4 Å². The molecule has 7 heteroatoms. The molecule has 0 aliphatic carbocycles. The van der Waals surface area contributed by atoms with Crippen molar-refractivity contribution in [2.24, 2.45) is 0 Å². The molecule has 0 aliphatic rings. The molecule has 2 aromatic heterocycles. The van der Waals surface area contributed by atoms with Crippen LogP contribution in [0, 0.1) is 6.92 Å². The van der Waals surface area contributed by atoms with Gasteiger partial charge in [-0.25, -0.2) is 14.8 Å². The van der Waals surface area contributed by atoms with Crippen molar-refractivity contribution in [3.05, 3.63) is 69.6 Å². The number of nitrogens with zero attached hydrogens (tertiary/aromatic N) is 2. The van der Waals surface area contributed by atoms with E-state index >= 15 is 0 Å². The van der Waals surface area contributed by atoms with Crippen molar-refractivity contribution in [2.45, 2.75) is 12.1 Å². The summed E-state index contributed by atoms with van der Waals surface area (Å²) in [7, 11) is 1.27. The van der Waals surface area contributed by atoms with Gasteiger partial charge in [0.15, 0.2) is 10.8 Å². The molecule has 1 aromatic carbocycles. The summed E-state index contributed by atoms with van der Waals surface area (Å²) >= 11 is 1.38. The number of H-pyrrole nitrogens is 1. The van der Waals surface area contributed by atoms with Crippen LogP contribution >= 0.6 is 11.8 Å². The lowest BCUT2D eigenvalue weighted by molar-refractivity contribution is 0.0602. The molecule has 0 fully saturated rings. The highest BCUT2D eigenvalue weighted by atomic mass is 32.2. The zero-order valence-corrected chi connectivity index (χ0v) is 15.2. The van der Waals surface area contributed by atoms with Gasteiger partial charge < -0.3 is 9.72 Å². The van der Waals surface area contributed by atoms with E-state index in [1.165, 1.54) is 24.9 Å². The number of aromatic nitrogens is 3. The predicted octanol–water partition coefficient (Wildman–Crippen LogP) is 3.22. The Kier molecular flexibility index (Phi) is 5.48. The largest absolute Gasteiger partial charge is 0.465 e. The van der Waals surface area contributed by atoms with Crippen molar-refractivity contribution in [2.75, 3.05) is 12.9 Å². The first-order chi connectivity index (χ1) is 12.6. The number of methoxy groups -OCH3 is 1. The van der Waals surface area contributed by atoms with Crippen LogP contribution in [0.2, 0.25) is 0 Å². The molecule has 0 atom stereocenters. The second-order valence-electron chi connectivity index (χ2n) is 5.50. The minimum atomic E-state index is -0.584. The van der Waals surface area contributed by atoms with Crippen LogP contribution in [0.1, 0.15) is 21.6 Å². The number of hydrogen-bond donors (Lipinski definition) is 1. The number of pyridine rings is 1. The Balaban J connectivity index is 1.86. The summed E-state index contributed by atoms with van der Waals surface area (Å²) in [5.74, 6) is 0.0537. The Labute approximate surface area is 154 Å². The average molecular weight is 367 g/mol. The number of carbonyl (C=O) groups is 1. The fourth-order valence-electron chi connectivity index (χ4n) is 2.46. The molecule has 6 nitrogen and oxygen atoms in total. The summed E-state index contributed by atoms with van der Waals surface area (Å²) in [4.78, 5) is 35.7. The van der Waals surface area contributed by atoms with Crippen molar-refractivity contribution in [3.63, 3.8) is 0 Å². The van der Waals surface area contributed by atoms with Crippen molar-refractivity contribution in [3.8, 4) is 0 Å². The molecule has 3 aromatic rings. The molecule has 0 saturated heterocycles. The molecule has 0 aliphatic heterocycles. The summed E-state index contributed by atoms with van der Waals surface area (Å²) in [5.41, 5.74) is 1.70. The third-order valence-electron chi connectivity index (χ3n) is 3.61. The number of aryl methyl sites for hydroxylation is 1. The third-order valence-corrected chi connectivity index (χ3v) is 4.44. The lowest BCUT2D eigenvalue weighted by Crippen LogP contribution is -2.16. The van der Waals surface area contributed by atoms with Crippen LogP contribution in [-0.2, 0) is 4.74 Å². The summed E-state index contributed by atoms with van der Waals surface area (Å²) in [6.07, 6.45) is 4.00. The van der Waals surface area contributed by atoms with Gasteiger partial charge in [0.05, 0.1) is 18.1 Å². The predicted molar refractivity (Wildman–Crippen MR) is 102 cm³/mol. The number of aromatic amines is 1. The quantitative estimate of drug-likeness (QED) is 0.423. The number of thioether (sulfide) groups is 1. The van der Waals surface area contributed by atoms with Crippen LogP contribution in [0.4, 0.5) is 0 Å². The van der Waals surface area contributed by atoms with E-state index in [2.05, 4.69) is 15.0 Å². The number of rotatable bonds is 5. The molecule has 0 amide bonds. The molecule has 0 radical (unpaired) electrons. The number of ether oxygens (including phenoxy) is 1. The van der Waals surface area contributed by atoms with Crippen molar-refractivity contribution >= 4 is 34.8 Å². The highest BCUT2D eigenvalue weighted by Crippen LogP contribution is 2.18. The van der Waals surface area contributed by atoms with Gasteiger partial charge in [0.1, 0.15) is 0 Å². The molecule has 0 bridgehead atoms. The number of hydrogen-bond acceptors (Lipinski definition) is 6. The van der Waals surface area contributed by atoms with Crippen LogP contribution in [0.5, 0.6) is 0 Å². The second-order valence-corrected chi connectivity index (χ2v) is 6.51. The van der Waals surface area contributed by atoms with E-state index in [0.717, 1.165) is 5.56 Å². The van der Waals surface area contributed by atoms with Crippen molar-refractivity contribution < 1.29 is 9.53 Å². The number of fused-ring (bicyclic) bond motifs is 1. The Morgan fingerprint density at radius 1 is 1.27 bits per heavy atom. The van der Waals surface area contributed by atoms with Gasteiger partial charge in [0, 0.05) is 11.4 Å². The topological polar surface area (TPSA) is 84.9 Å². The Hall–Kier alpha value is -2.93. The third kappa shape index (κ3) is 4.00. The first kappa shape index (κ1) is 17.9. The standard InChI is InChI=1S/C19H17N3O3S/c1-12-11-14(18(24)25-2)15-16(20-12)21-19(22-17(15)23)26-10-6-9-13-7-4-3-5-8-13/h3-9,11H,10H2,1-2H3,(H,20,21,22,23)/b9-6-. The van der Waals surface area contributed by atoms with Crippen molar-refractivity contribution in [1.29, 1.82) is 0 Å². The number of nitrogens with one attached hydrogen (secondary N) is 1. The van der Waals surface area contributed by atoms with E-state index in [1.807, 2.05) is 42.5 Å². The van der Waals surface area contributed by atoms with Crippen LogP contribution in [-0.4, -0.2) is 33.8 Å². The Morgan fingerprint density at radius 2 is 2.04 bits per heavy atom. The molecule has 2 heterocycles. The molecular formula is C19H17N3O3S. The molecule has 0 spiro atoms. The highest BCUT2D eigenvalue weighted by Gasteiger charge is 2.17. The van der Waals surface area contributed by atoms with Gasteiger partial charge in [0.2, 0.25) is 0 Å². The molecule has 132 valence electrons. The van der Waals surface area contributed by atoms with E-state index in [1.54, 1.807) is 6.92 Å². The normalized spacial score (nSPS) is 11.2. The first-order valence-corrected chi connectivity index (χ1v) is 8.91. The summed E-state index contributed by atoms with van der Waals surface area (Å²) in [6, 6.07) is 11.5. The fourth-order valence-corrected chi connectivity index (χ4v) is 3.13. The maximum absolute atomic E-state index is 12.4. The number of esters is 1. The van der Waals surface area contributed by atoms with Crippen LogP contribution in [0.25, 0.3) is 17.1 Å². The van der Waals surface area contributed by atoms with E-state index in [0.29, 0.717) is 16.6 Å². The molecule has 3 rings (SSSR count). The summed E-state index contributed by atoms with van der Waals surface area (Å²) < 4.78 is 4.74. The fraction of sp³-hybridized carbons (Fsp3) is 0.158. The van der Waals surface area contributed by atoms with E-state index in [-0.39, 0.29) is 16.6 Å². The zero-order valence-electron chi connectivity index (χ0n) is 14.4. The maximum Gasteiger partial charge on any atom is 0.338 e. The monoisotopic (exact) mass is 367 g/mol. The second kappa shape index (κ2) is 7.97. The lowest BCUT2D eigenvalue weighted by atomic mass is 10.1. The number of carbonyl (C=O) groups excluding carboxylic acids is 1. The summed E-state index contributed by atoms with van der Waals surface area (Å²) in [5, 5.41) is 0.598. The van der Waals surface area contributed by atoms with E-state index in [9.17, 15) is 9.59 Å². The van der Waals surface area contributed by atoms with Gasteiger partial charge in [-0.3, -0.25) is 4.79 Å². The van der Waals surface area contributed by atoms with Gasteiger partial charge in [-0.1, -0.05) is 54.2 Å². The molecule has 0 saturated carbocycles. The Bertz CT molecular complexity index is 1030. The van der Waals surface area contributed by atoms with Gasteiger partial charge >= 0.3 is 5.97 Å². The van der Waals surface area contributed by atoms with Crippen LogP contribution in [0.3, 0.4) is 0 Å². The smallest absolute Gasteiger partial charge is 0.338 e. The van der Waals surface area contributed by atoms with Gasteiger partial charge in [-0.05, 0) is 18.6 Å². The first-order valence-electron chi connectivity index (χ1n) is 7.93. The van der Waals surface area contributed by atoms with Gasteiger partial charge in [-0.15, -0.1) is 0 Å². The average Bonchev–Trinajstić information content (AvgIpc) is 2.64. The minimum absolute atomic E-state index is 0.145. The number of benzene rings is 1. The van der Waals surface area contributed by atoms with Gasteiger partial charge in [0.25, 0.3) is 5.56 Å². The molecule has 1 N–H and O–H groups in total. The highest BCUT2D eigenvalue weighted by molar-refractivity contribution is 7.99. The zero-order chi connectivity index (χ0) is 18.5. The maximum atomic E-state index is 12.4. The Morgan fingerprint density at radius 3 is 2.77 bits per heavy atom. The SMILES string of the molecule is COC(=O)c1cc(C)nc2nc(SC/C=C\c3ccccc3)[nH]c(=O)c12. The van der Waals surface area contributed by atoms with Crippen LogP contribution < -0.4 is 5.56 Å². The minimum Gasteiger partial charge on any atom is -0.465 e. The van der Waals surface area contributed by atoms with Gasteiger partial charge in [-0.2, -0.15) is 0 Å². The molecule has 0 unspecified atom stereocenters. The lowest BCUT2D eigenvalue weighted by Gasteiger charge is -2.06. The van der Waals surface area contributed by atoms with E-state index in [4.69, 9.17) is 4.74 Å². The molecular weight excluding hydrogens is 350 g/mol. The van der Waals surface area contributed by atoms with Crippen molar-refractivity contribution in [1.82, 2.24) is 15.0 Å².